The maximum atomic E-state index is 12.1. The largest absolute Gasteiger partial charge is 0.494 e. The zero-order chi connectivity index (χ0) is 21.2. The molecule has 29 heavy (non-hydrogen) atoms. The highest BCUT2D eigenvalue weighted by Crippen LogP contribution is 2.37. The average molecular weight is 396 g/mol. The highest BCUT2D eigenvalue weighted by Gasteiger charge is 2.19. The lowest BCUT2D eigenvalue weighted by Crippen LogP contribution is -2.27. The molecule has 3 rings (SSSR count). The van der Waals surface area contributed by atoms with Crippen molar-refractivity contribution in [3.63, 3.8) is 0 Å². The molecule has 0 aliphatic heterocycles. The number of fused-ring (bicyclic) bond motifs is 1. The predicted octanol–water partition coefficient (Wildman–Crippen LogP) is 5.66. The van der Waals surface area contributed by atoms with Crippen LogP contribution in [-0.4, -0.2) is 22.9 Å². The lowest BCUT2D eigenvalue weighted by Gasteiger charge is -2.19. The molecule has 0 unspecified atom stereocenters. The zero-order valence-electron chi connectivity index (χ0n) is 17.7. The Kier molecular flexibility index (Phi) is 5.73. The molecule has 0 aliphatic rings. The Bertz CT molecular complexity index is 1010. The van der Waals surface area contributed by atoms with Crippen LogP contribution in [0.5, 0.6) is 5.75 Å². The van der Waals surface area contributed by atoms with Crippen LogP contribution in [0.2, 0.25) is 0 Å². The third kappa shape index (κ3) is 4.47. The van der Waals surface area contributed by atoms with Crippen molar-refractivity contribution in [2.75, 3.05) is 17.7 Å². The lowest BCUT2D eigenvalue weighted by atomic mass is 10.1. The van der Waals surface area contributed by atoms with Crippen LogP contribution in [0.25, 0.3) is 22.2 Å². The second-order valence-corrected chi connectivity index (χ2v) is 7.82. The Hall–Kier alpha value is -3.15. The van der Waals surface area contributed by atoms with E-state index in [0.29, 0.717) is 12.3 Å². The molecule has 0 saturated heterocycles. The highest BCUT2D eigenvalue weighted by atomic mass is 16.6. The van der Waals surface area contributed by atoms with Crippen LogP contribution in [0.15, 0.2) is 42.5 Å². The minimum absolute atomic E-state index is 0.480. The van der Waals surface area contributed by atoms with Crippen molar-refractivity contribution in [3.8, 4) is 17.0 Å². The number of aromatic nitrogens is 1. The van der Waals surface area contributed by atoms with Gasteiger partial charge in [0.15, 0.2) is 0 Å². The molecule has 0 aliphatic carbocycles. The van der Waals surface area contributed by atoms with E-state index in [1.165, 1.54) is 0 Å². The monoisotopic (exact) mass is 395 g/mol. The van der Waals surface area contributed by atoms with Crippen LogP contribution in [-0.2, 0) is 11.3 Å². The smallest absolute Gasteiger partial charge is 0.412 e. The van der Waals surface area contributed by atoms with Gasteiger partial charge >= 0.3 is 6.09 Å². The Morgan fingerprint density at radius 3 is 2.38 bits per heavy atom. The van der Waals surface area contributed by atoms with E-state index in [0.717, 1.165) is 40.1 Å². The number of ether oxygens (including phenoxy) is 2. The molecule has 3 N–H and O–H groups in total. The summed E-state index contributed by atoms with van der Waals surface area (Å²) in [6, 6.07) is 13.6. The molecular weight excluding hydrogens is 366 g/mol. The molecule has 1 amide bonds. The Balaban J connectivity index is 2.00. The van der Waals surface area contributed by atoms with Gasteiger partial charge in [-0.15, -0.1) is 0 Å². The minimum Gasteiger partial charge on any atom is -0.494 e. The number of carbonyl (C=O) groups excluding carboxylic acids is 1. The van der Waals surface area contributed by atoms with Crippen LogP contribution in [0.1, 0.15) is 34.6 Å². The first-order chi connectivity index (χ1) is 13.7. The normalized spacial score (nSPS) is 11.5. The number of anilines is 2. The quantitative estimate of drug-likeness (QED) is 0.584. The fraction of sp³-hybridized carbons (Fsp3) is 0.348. The van der Waals surface area contributed by atoms with Crippen LogP contribution in [0.3, 0.4) is 0 Å². The first-order valence-electron chi connectivity index (χ1n) is 9.88. The second-order valence-electron chi connectivity index (χ2n) is 7.82. The van der Waals surface area contributed by atoms with Crippen LogP contribution >= 0.6 is 0 Å². The van der Waals surface area contributed by atoms with Gasteiger partial charge in [0, 0.05) is 23.2 Å². The fourth-order valence-corrected chi connectivity index (χ4v) is 3.39. The van der Waals surface area contributed by atoms with Gasteiger partial charge in [0.25, 0.3) is 0 Å². The van der Waals surface area contributed by atoms with Crippen molar-refractivity contribution >= 4 is 28.4 Å². The van der Waals surface area contributed by atoms with Gasteiger partial charge in [-0.3, -0.25) is 5.32 Å². The van der Waals surface area contributed by atoms with Gasteiger partial charge in [-0.1, -0.05) is 0 Å². The summed E-state index contributed by atoms with van der Waals surface area (Å²) in [5.41, 5.74) is 10.3. The van der Waals surface area contributed by atoms with Crippen molar-refractivity contribution in [2.24, 2.45) is 0 Å². The zero-order valence-corrected chi connectivity index (χ0v) is 17.7. The van der Waals surface area contributed by atoms with Crippen LogP contribution in [0, 0.1) is 0 Å². The Morgan fingerprint density at radius 2 is 1.79 bits per heavy atom. The first-order valence-corrected chi connectivity index (χ1v) is 9.88. The number of nitrogens with zero attached hydrogens (tertiary/aromatic N) is 1. The number of nitrogens with two attached hydrogens (primary N) is 1. The maximum absolute atomic E-state index is 12.1. The summed E-state index contributed by atoms with van der Waals surface area (Å²) in [4.78, 5) is 12.1. The number of nitrogen functional groups attached to an aromatic ring is 1. The van der Waals surface area contributed by atoms with E-state index < -0.39 is 11.7 Å². The number of hydrogen-bond acceptors (Lipinski definition) is 4. The number of nitrogens with one attached hydrogen (secondary N) is 1. The van der Waals surface area contributed by atoms with Crippen LogP contribution < -0.4 is 15.8 Å². The SMILES string of the molecule is CCOc1ccc(-c2c(N)c3ccc(NC(=O)OC(C)(C)C)cc3n2CC)cc1. The van der Waals surface area contributed by atoms with Crippen molar-refractivity contribution in [1.29, 1.82) is 0 Å². The molecule has 0 spiro atoms. The number of aryl methyl sites for hydroxylation is 1. The molecular formula is C23H29N3O3. The van der Waals surface area contributed by atoms with E-state index in [1.54, 1.807) is 0 Å². The van der Waals surface area contributed by atoms with Crippen molar-refractivity contribution in [3.05, 3.63) is 42.5 Å². The third-order valence-corrected chi connectivity index (χ3v) is 4.50. The summed E-state index contributed by atoms with van der Waals surface area (Å²) >= 11 is 0. The number of rotatable bonds is 5. The molecule has 6 nitrogen and oxygen atoms in total. The lowest BCUT2D eigenvalue weighted by molar-refractivity contribution is 0.0636. The molecule has 0 atom stereocenters. The Labute approximate surface area is 171 Å². The first kappa shape index (κ1) is 20.6. The number of amides is 1. The van der Waals surface area contributed by atoms with Gasteiger partial charge in [0.2, 0.25) is 0 Å². The van der Waals surface area contributed by atoms with E-state index in [2.05, 4.69) is 16.8 Å². The third-order valence-electron chi connectivity index (χ3n) is 4.50. The predicted molar refractivity (Wildman–Crippen MR) is 118 cm³/mol. The standard InChI is InChI=1S/C23H29N3O3/c1-6-26-19-14-16(25-22(27)29-23(3,4)5)10-13-18(19)20(24)21(26)15-8-11-17(12-9-15)28-7-2/h8-14H,6-7,24H2,1-5H3,(H,25,27). The summed E-state index contributed by atoms with van der Waals surface area (Å²) in [5.74, 6) is 0.831. The van der Waals surface area contributed by atoms with Gasteiger partial charge in [-0.05, 0) is 77.1 Å². The number of carbonyl (C=O) groups is 1. The van der Waals surface area contributed by atoms with Gasteiger partial charge in [0.1, 0.15) is 11.4 Å². The molecule has 0 radical (unpaired) electrons. The highest BCUT2D eigenvalue weighted by molar-refractivity contribution is 6.03. The minimum atomic E-state index is -0.553. The average Bonchev–Trinajstić information content (AvgIpc) is 2.92. The van der Waals surface area contributed by atoms with Gasteiger partial charge in [-0.25, -0.2) is 4.79 Å². The molecule has 1 heterocycles. The maximum Gasteiger partial charge on any atom is 0.412 e. The summed E-state index contributed by atoms with van der Waals surface area (Å²) in [6.07, 6.45) is -0.480. The van der Waals surface area contributed by atoms with Gasteiger partial charge in [-0.2, -0.15) is 0 Å². The molecule has 3 aromatic rings. The summed E-state index contributed by atoms with van der Waals surface area (Å²) in [7, 11) is 0. The van der Waals surface area contributed by atoms with E-state index in [4.69, 9.17) is 15.2 Å². The second kappa shape index (κ2) is 8.07. The van der Waals surface area contributed by atoms with Crippen molar-refractivity contribution < 1.29 is 14.3 Å². The van der Waals surface area contributed by atoms with Crippen LogP contribution in [0.4, 0.5) is 16.2 Å². The summed E-state index contributed by atoms with van der Waals surface area (Å²) in [6.45, 7) is 10.9. The molecule has 6 heteroatoms. The topological polar surface area (TPSA) is 78.5 Å². The Morgan fingerprint density at radius 1 is 1.10 bits per heavy atom. The molecule has 0 bridgehead atoms. The molecule has 0 fully saturated rings. The van der Waals surface area contributed by atoms with E-state index in [1.807, 2.05) is 70.2 Å². The van der Waals surface area contributed by atoms with Gasteiger partial charge < -0.3 is 19.8 Å². The summed E-state index contributed by atoms with van der Waals surface area (Å²) in [5, 5.41) is 3.75. The van der Waals surface area contributed by atoms with E-state index in [9.17, 15) is 4.79 Å². The van der Waals surface area contributed by atoms with E-state index >= 15 is 0 Å². The molecule has 154 valence electrons. The van der Waals surface area contributed by atoms with Crippen molar-refractivity contribution in [1.82, 2.24) is 4.57 Å². The molecule has 2 aromatic carbocycles. The van der Waals surface area contributed by atoms with Gasteiger partial charge in [0.05, 0.1) is 23.5 Å². The van der Waals surface area contributed by atoms with Crippen molar-refractivity contribution in [2.45, 2.75) is 46.8 Å². The fourth-order valence-electron chi connectivity index (χ4n) is 3.39. The molecule has 1 aromatic heterocycles. The number of benzene rings is 2. The number of hydrogen-bond donors (Lipinski definition) is 2. The van der Waals surface area contributed by atoms with E-state index in [-0.39, 0.29) is 0 Å². The summed E-state index contributed by atoms with van der Waals surface area (Å²) < 4.78 is 13.0. The molecule has 0 saturated carbocycles.